The van der Waals surface area contributed by atoms with Gasteiger partial charge in [0.1, 0.15) is 6.61 Å². The molecule has 1 N–H and O–H groups in total. The molecule has 0 aliphatic carbocycles. The molecule has 1 amide bonds. The summed E-state index contributed by atoms with van der Waals surface area (Å²) in [4.78, 5) is 12.6. The molecule has 1 aliphatic rings. The Labute approximate surface area is 181 Å². The second-order valence-electron chi connectivity index (χ2n) is 7.74. The van der Waals surface area contributed by atoms with Gasteiger partial charge in [-0.25, -0.2) is 0 Å². The highest BCUT2D eigenvalue weighted by Crippen LogP contribution is 2.42. The third kappa shape index (κ3) is 3.73. The molecule has 4 heteroatoms. The number of hydrogen-bond donors (Lipinski definition) is 1. The summed E-state index contributed by atoms with van der Waals surface area (Å²) in [6.45, 7) is 0.469. The molecule has 4 aromatic rings. The maximum absolute atomic E-state index is 12.6. The molecule has 4 aromatic carbocycles. The van der Waals surface area contributed by atoms with Crippen molar-refractivity contribution in [2.45, 2.75) is 18.9 Å². The molecule has 1 heterocycles. The van der Waals surface area contributed by atoms with E-state index in [1.54, 1.807) is 7.11 Å². The number of rotatable bonds is 5. The van der Waals surface area contributed by atoms with Gasteiger partial charge in [0.25, 0.3) is 0 Å². The van der Waals surface area contributed by atoms with Crippen molar-refractivity contribution in [3.63, 3.8) is 0 Å². The molecule has 5 rings (SSSR count). The average molecular weight is 409 g/mol. The lowest BCUT2D eigenvalue weighted by atomic mass is 9.83. The molecule has 1 atom stereocenters. The van der Waals surface area contributed by atoms with Gasteiger partial charge in [-0.3, -0.25) is 4.79 Å². The molecule has 0 fully saturated rings. The first-order valence-electron chi connectivity index (χ1n) is 10.4. The van der Waals surface area contributed by atoms with E-state index in [1.807, 2.05) is 60.7 Å². The van der Waals surface area contributed by atoms with Gasteiger partial charge in [-0.2, -0.15) is 0 Å². The largest absolute Gasteiger partial charge is 0.493 e. The van der Waals surface area contributed by atoms with E-state index in [4.69, 9.17) is 9.47 Å². The van der Waals surface area contributed by atoms with E-state index in [0.29, 0.717) is 24.5 Å². The van der Waals surface area contributed by atoms with Crippen LogP contribution in [0.1, 0.15) is 29.0 Å². The Morgan fingerprint density at radius 2 is 1.71 bits per heavy atom. The Morgan fingerprint density at radius 1 is 0.903 bits per heavy atom. The van der Waals surface area contributed by atoms with E-state index < -0.39 is 0 Å². The minimum Gasteiger partial charge on any atom is -0.493 e. The van der Waals surface area contributed by atoms with Crippen LogP contribution in [0.15, 0.2) is 84.9 Å². The van der Waals surface area contributed by atoms with Crippen molar-refractivity contribution >= 4 is 22.4 Å². The lowest BCUT2D eigenvalue weighted by Gasteiger charge is -2.27. The summed E-state index contributed by atoms with van der Waals surface area (Å²) in [7, 11) is 1.64. The Morgan fingerprint density at radius 3 is 2.55 bits per heavy atom. The van der Waals surface area contributed by atoms with Gasteiger partial charge in [-0.15, -0.1) is 0 Å². The monoisotopic (exact) mass is 409 g/mol. The van der Waals surface area contributed by atoms with E-state index >= 15 is 0 Å². The fourth-order valence-corrected chi connectivity index (χ4v) is 4.26. The van der Waals surface area contributed by atoms with Crippen molar-refractivity contribution in [3.05, 3.63) is 102 Å². The lowest BCUT2D eigenvalue weighted by molar-refractivity contribution is -0.116. The molecule has 0 saturated heterocycles. The first-order valence-corrected chi connectivity index (χ1v) is 10.4. The number of anilines is 1. The zero-order chi connectivity index (χ0) is 21.2. The third-order valence-corrected chi connectivity index (χ3v) is 5.82. The molecule has 0 saturated carbocycles. The molecular formula is C27H23NO3. The number of carbonyl (C=O) groups excluding carboxylic acids is 1. The van der Waals surface area contributed by atoms with Crippen molar-refractivity contribution in [1.82, 2.24) is 0 Å². The van der Waals surface area contributed by atoms with E-state index in [-0.39, 0.29) is 11.8 Å². The third-order valence-electron chi connectivity index (χ3n) is 5.82. The number of fused-ring (bicyclic) bond motifs is 3. The molecule has 0 aromatic heterocycles. The molecule has 0 spiro atoms. The van der Waals surface area contributed by atoms with Crippen molar-refractivity contribution in [2.75, 3.05) is 12.4 Å². The molecular weight excluding hydrogens is 386 g/mol. The van der Waals surface area contributed by atoms with Gasteiger partial charge in [0.2, 0.25) is 5.91 Å². The van der Waals surface area contributed by atoms with Crippen LogP contribution in [0.4, 0.5) is 5.69 Å². The van der Waals surface area contributed by atoms with Crippen molar-refractivity contribution in [2.24, 2.45) is 0 Å². The van der Waals surface area contributed by atoms with Crippen molar-refractivity contribution < 1.29 is 14.3 Å². The molecule has 0 bridgehead atoms. The highest BCUT2D eigenvalue weighted by Gasteiger charge is 2.28. The van der Waals surface area contributed by atoms with Gasteiger partial charge in [-0.1, -0.05) is 72.8 Å². The van der Waals surface area contributed by atoms with Crippen LogP contribution < -0.4 is 14.8 Å². The molecule has 31 heavy (non-hydrogen) atoms. The first kappa shape index (κ1) is 19.2. The highest BCUT2D eigenvalue weighted by molar-refractivity contribution is 6.06. The summed E-state index contributed by atoms with van der Waals surface area (Å²) in [5.74, 6) is 1.35. The van der Waals surface area contributed by atoms with Crippen molar-refractivity contribution in [3.8, 4) is 11.5 Å². The SMILES string of the molecule is COc1cc([C@@H]2CC(=O)Nc3c2ccc2ccccc32)ccc1OCc1ccccc1. The minimum atomic E-state index is -0.0366. The maximum atomic E-state index is 12.6. The Bertz CT molecular complexity index is 1250. The van der Waals surface area contributed by atoms with E-state index in [1.165, 1.54) is 0 Å². The van der Waals surface area contributed by atoms with Crippen LogP contribution in [-0.4, -0.2) is 13.0 Å². The quantitative estimate of drug-likeness (QED) is 0.446. The fraction of sp³-hybridized carbons (Fsp3) is 0.148. The Hall–Kier alpha value is -3.79. The maximum Gasteiger partial charge on any atom is 0.225 e. The number of amides is 1. The van der Waals surface area contributed by atoms with Crippen LogP contribution in [-0.2, 0) is 11.4 Å². The summed E-state index contributed by atoms with van der Waals surface area (Å²) in [6, 6.07) is 28.4. The van der Waals surface area contributed by atoms with Gasteiger partial charge >= 0.3 is 0 Å². The van der Waals surface area contributed by atoms with Crippen LogP contribution in [0.2, 0.25) is 0 Å². The molecule has 154 valence electrons. The summed E-state index contributed by atoms with van der Waals surface area (Å²) in [6.07, 6.45) is 0.402. The van der Waals surface area contributed by atoms with Crippen LogP contribution >= 0.6 is 0 Å². The van der Waals surface area contributed by atoms with Gasteiger partial charge in [0.15, 0.2) is 11.5 Å². The lowest BCUT2D eigenvalue weighted by Crippen LogP contribution is -2.23. The number of ether oxygens (including phenoxy) is 2. The smallest absolute Gasteiger partial charge is 0.225 e. The van der Waals surface area contributed by atoms with Crippen LogP contribution in [0.5, 0.6) is 11.5 Å². The second kappa shape index (κ2) is 8.15. The van der Waals surface area contributed by atoms with Crippen molar-refractivity contribution in [1.29, 1.82) is 0 Å². The number of nitrogens with one attached hydrogen (secondary N) is 1. The first-order chi connectivity index (χ1) is 15.2. The standard InChI is InChI=1S/C27H23NO3/c1-30-25-15-20(12-14-24(25)31-17-18-7-3-2-4-8-18)23-16-26(29)28-27-21-10-6-5-9-19(21)11-13-22(23)27/h2-15,23H,16-17H2,1H3,(H,28,29)/t23-/m0/s1. The number of methoxy groups -OCH3 is 1. The van der Waals surface area contributed by atoms with Gasteiger partial charge in [-0.05, 0) is 34.2 Å². The molecule has 0 unspecified atom stereocenters. The van der Waals surface area contributed by atoms with Gasteiger partial charge in [0, 0.05) is 17.7 Å². The predicted molar refractivity (Wildman–Crippen MR) is 123 cm³/mol. The number of carbonyl (C=O) groups is 1. The van der Waals surface area contributed by atoms with Gasteiger partial charge in [0.05, 0.1) is 12.8 Å². The van der Waals surface area contributed by atoms with E-state index in [9.17, 15) is 4.79 Å². The van der Waals surface area contributed by atoms with Gasteiger partial charge < -0.3 is 14.8 Å². The molecule has 0 radical (unpaired) electrons. The summed E-state index contributed by atoms with van der Waals surface area (Å²) >= 11 is 0. The fourth-order valence-electron chi connectivity index (χ4n) is 4.26. The Kier molecular flexibility index (Phi) is 5.04. The zero-order valence-electron chi connectivity index (χ0n) is 17.3. The van der Waals surface area contributed by atoms with Crippen LogP contribution in [0.25, 0.3) is 10.8 Å². The Balaban J connectivity index is 1.49. The molecule has 4 nitrogen and oxygen atoms in total. The average Bonchev–Trinajstić information content (AvgIpc) is 2.82. The minimum absolute atomic E-state index is 0.0252. The predicted octanol–water partition coefficient (Wildman–Crippen LogP) is 5.90. The number of benzene rings is 4. The number of hydrogen-bond acceptors (Lipinski definition) is 3. The summed E-state index contributed by atoms with van der Waals surface area (Å²) < 4.78 is 11.6. The zero-order valence-corrected chi connectivity index (χ0v) is 17.3. The highest BCUT2D eigenvalue weighted by atomic mass is 16.5. The second-order valence-corrected chi connectivity index (χ2v) is 7.74. The van der Waals surface area contributed by atoms with E-state index in [2.05, 4.69) is 29.6 Å². The summed E-state index contributed by atoms with van der Waals surface area (Å²) in [5.41, 5.74) is 4.16. The van der Waals surface area contributed by atoms with Crippen LogP contribution in [0.3, 0.4) is 0 Å². The normalized spacial score (nSPS) is 15.3. The van der Waals surface area contributed by atoms with Crippen LogP contribution in [0, 0.1) is 0 Å². The topological polar surface area (TPSA) is 47.6 Å². The molecule has 1 aliphatic heterocycles. The summed E-state index contributed by atoms with van der Waals surface area (Å²) in [5, 5.41) is 5.26. The van der Waals surface area contributed by atoms with E-state index in [0.717, 1.165) is 33.2 Å².